The highest BCUT2D eigenvalue weighted by Gasteiger charge is 2.41. The van der Waals surface area contributed by atoms with E-state index in [4.69, 9.17) is 0 Å². The Labute approximate surface area is 352 Å². The van der Waals surface area contributed by atoms with E-state index in [1.54, 1.807) is 0 Å². The Balaban J connectivity index is 2.19. The molecule has 8 bridgehead atoms. The van der Waals surface area contributed by atoms with Crippen LogP contribution >= 0.6 is 0 Å². The zero-order chi connectivity index (χ0) is 44.7. The van der Waals surface area contributed by atoms with Gasteiger partial charge in [0.2, 0.25) is 23.0 Å². The molecule has 1 aliphatic rings. The summed E-state index contributed by atoms with van der Waals surface area (Å²) in [6.07, 6.45) is 3.69. The van der Waals surface area contributed by atoms with Crippen LogP contribution in [0.1, 0.15) is 175 Å². The zero-order valence-corrected chi connectivity index (χ0v) is 36.0. The SMILES string of the molecule is CCC(CC)C1c2cc(c(O)c(O)c2O)C(C(CC)CC)c2cc(c(O)c(O)c2O)C(C(CC)CC)c2cc(c(O)c(O)c2O)C(C(CC)CC)c2cc1c(O)c(O)c2O. The molecule has 0 fully saturated rings. The number of hydrogen-bond donors (Lipinski definition) is 12. The second kappa shape index (κ2) is 18.0. The first kappa shape index (κ1) is 45.6. The molecule has 0 radical (unpaired) electrons. The van der Waals surface area contributed by atoms with Gasteiger partial charge in [-0.25, -0.2) is 0 Å². The third-order valence-electron chi connectivity index (χ3n) is 14.0. The van der Waals surface area contributed by atoms with Crippen LogP contribution in [0.5, 0.6) is 69.0 Å². The second-order valence-electron chi connectivity index (χ2n) is 16.6. The topological polar surface area (TPSA) is 243 Å². The smallest absolute Gasteiger partial charge is 0.200 e. The van der Waals surface area contributed by atoms with Crippen molar-refractivity contribution in [3.63, 3.8) is 0 Å². The van der Waals surface area contributed by atoms with E-state index in [0.29, 0.717) is 51.4 Å². The number of fused-ring (bicyclic) bond motifs is 8. The highest BCUT2D eigenvalue weighted by Crippen LogP contribution is 2.61. The van der Waals surface area contributed by atoms with Crippen LogP contribution in [0.2, 0.25) is 0 Å². The lowest BCUT2D eigenvalue weighted by Gasteiger charge is -2.35. The quantitative estimate of drug-likeness (QED) is 0.0597. The monoisotopic (exact) mass is 832 g/mol. The van der Waals surface area contributed by atoms with E-state index in [2.05, 4.69) is 0 Å². The van der Waals surface area contributed by atoms with Gasteiger partial charge in [0.15, 0.2) is 46.0 Å². The molecule has 0 aromatic heterocycles. The molecule has 0 atom stereocenters. The maximum absolute atomic E-state index is 11.8. The van der Waals surface area contributed by atoms with E-state index in [1.807, 2.05) is 55.4 Å². The van der Waals surface area contributed by atoms with Gasteiger partial charge in [-0.1, -0.05) is 107 Å². The summed E-state index contributed by atoms with van der Waals surface area (Å²) in [5, 5.41) is 141. The maximum Gasteiger partial charge on any atom is 0.200 e. The van der Waals surface area contributed by atoms with Crippen molar-refractivity contribution < 1.29 is 61.3 Å². The fraction of sp³-hybridized carbons (Fsp3) is 0.500. The first-order valence-electron chi connectivity index (χ1n) is 21.6. The van der Waals surface area contributed by atoms with Gasteiger partial charge in [-0.3, -0.25) is 0 Å². The van der Waals surface area contributed by atoms with Crippen molar-refractivity contribution in [2.75, 3.05) is 0 Å². The predicted octanol–water partition coefficient (Wildman–Crippen LogP) is 10.7. The molecule has 0 aliphatic heterocycles. The maximum atomic E-state index is 11.8. The molecule has 0 saturated heterocycles. The molecule has 5 rings (SSSR count). The van der Waals surface area contributed by atoms with E-state index in [9.17, 15) is 61.3 Å². The van der Waals surface area contributed by atoms with Gasteiger partial charge in [-0.15, -0.1) is 0 Å². The predicted molar refractivity (Wildman–Crippen MR) is 229 cm³/mol. The van der Waals surface area contributed by atoms with E-state index in [-0.39, 0.29) is 44.5 Å². The Hall–Kier alpha value is -5.52. The second-order valence-corrected chi connectivity index (χ2v) is 16.6. The Morgan fingerprint density at radius 1 is 0.250 bits per heavy atom. The van der Waals surface area contributed by atoms with Crippen LogP contribution in [-0.2, 0) is 0 Å². The number of aromatic hydroxyl groups is 12. The third-order valence-corrected chi connectivity index (χ3v) is 14.0. The van der Waals surface area contributed by atoms with E-state index >= 15 is 0 Å². The largest absolute Gasteiger partial charge is 0.504 e. The highest BCUT2D eigenvalue weighted by molar-refractivity contribution is 5.71. The van der Waals surface area contributed by atoms with Gasteiger partial charge in [0.1, 0.15) is 0 Å². The van der Waals surface area contributed by atoms with Crippen molar-refractivity contribution in [1.82, 2.24) is 0 Å². The summed E-state index contributed by atoms with van der Waals surface area (Å²) in [4.78, 5) is 0. The lowest BCUT2D eigenvalue weighted by Crippen LogP contribution is -2.20. The molecule has 328 valence electrons. The molecular formula is C48H64O12. The summed E-state index contributed by atoms with van der Waals surface area (Å²) in [7, 11) is 0. The van der Waals surface area contributed by atoms with Crippen molar-refractivity contribution in [1.29, 1.82) is 0 Å². The molecule has 0 spiro atoms. The minimum absolute atomic E-state index is 0.0625. The number of rotatable bonds is 12. The van der Waals surface area contributed by atoms with Crippen molar-refractivity contribution >= 4 is 0 Å². The zero-order valence-electron chi connectivity index (χ0n) is 36.0. The minimum atomic E-state index is -1.01. The van der Waals surface area contributed by atoms with Gasteiger partial charge in [0.05, 0.1) is 0 Å². The Bertz CT molecular complexity index is 1770. The van der Waals surface area contributed by atoms with Gasteiger partial charge < -0.3 is 61.3 Å². The molecule has 0 heterocycles. The van der Waals surface area contributed by atoms with E-state index in [0.717, 1.165) is 0 Å². The van der Waals surface area contributed by atoms with Crippen LogP contribution in [-0.4, -0.2) is 61.3 Å². The molecule has 0 unspecified atom stereocenters. The summed E-state index contributed by atoms with van der Waals surface area (Å²) >= 11 is 0. The molecule has 12 N–H and O–H groups in total. The summed E-state index contributed by atoms with van der Waals surface area (Å²) in [6, 6.07) is 6.01. The summed E-state index contributed by atoms with van der Waals surface area (Å²) in [5.41, 5.74) is 0.500. The highest BCUT2D eigenvalue weighted by atomic mass is 16.3. The molecule has 0 saturated carbocycles. The third kappa shape index (κ3) is 7.25. The number of phenols is 12. The molecule has 4 aromatic carbocycles. The van der Waals surface area contributed by atoms with Crippen LogP contribution in [0.4, 0.5) is 0 Å². The molecule has 1 aliphatic carbocycles. The van der Waals surface area contributed by atoms with Crippen LogP contribution in [0.3, 0.4) is 0 Å². The molecule has 12 nitrogen and oxygen atoms in total. The number of phenolic OH excluding ortho intramolecular Hbond substituents is 12. The van der Waals surface area contributed by atoms with Crippen molar-refractivity contribution in [3.8, 4) is 69.0 Å². The Kier molecular flexibility index (Phi) is 13.7. The molecule has 4 aromatic rings. The molecule has 0 amide bonds. The average Bonchev–Trinajstić information content (AvgIpc) is 3.24. The van der Waals surface area contributed by atoms with Gasteiger partial charge in [0.25, 0.3) is 0 Å². The van der Waals surface area contributed by atoms with Crippen LogP contribution in [0.25, 0.3) is 0 Å². The van der Waals surface area contributed by atoms with Crippen molar-refractivity contribution in [2.45, 2.75) is 130 Å². The fourth-order valence-corrected chi connectivity index (χ4v) is 10.4. The van der Waals surface area contributed by atoms with Crippen molar-refractivity contribution in [2.24, 2.45) is 23.7 Å². The standard InChI is InChI=1S/C48H64O12/c1-9-21(10-2)33-25-17-27(39(51)45(57)37(25)49)34(22(11-3)12-4)29-19-31(43(55)47(59)41(29)53)36(24(15-7)16-8)32-20-30(42(54)48(60)44(32)56)35(23(13-5)14-6)28-18-26(33)38(50)46(58)40(28)52/h17-24,33-36,49-60H,9-16H2,1-8H3. The van der Waals surface area contributed by atoms with E-state index < -0.39 is 116 Å². The molecule has 60 heavy (non-hydrogen) atoms. The van der Waals surface area contributed by atoms with Crippen LogP contribution in [0.15, 0.2) is 24.3 Å². The normalized spacial score (nSPS) is 17.9. The number of hydrogen-bond acceptors (Lipinski definition) is 12. The molecular weight excluding hydrogens is 769 g/mol. The fourth-order valence-electron chi connectivity index (χ4n) is 10.4. The van der Waals surface area contributed by atoms with Gasteiger partial charge >= 0.3 is 0 Å². The Morgan fingerprint density at radius 2 is 0.367 bits per heavy atom. The Morgan fingerprint density at radius 3 is 0.467 bits per heavy atom. The average molecular weight is 833 g/mol. The van der Waals surface area contributed by atoms with E-state index in [1.165, 1.54) is 24.3 Å². The number of benzene rings is 4. The van der Waals surface area contributed by atoms with Crippen LogP contribution in [0, 0.1) is 23.7 Å². The van der Waals surface area contributed by atoms with Gasteiger partial charge in [0, 0.05) is 68.2 Å². The minimum Gasteiger partial charge on any atom is -0.504 e. The summed E-state index contributed by atoms with van der Waals surface area (Å²) in [5.74, 6) is -14.7. The van der Waals surface area contributed by atoms with Gasteiger partial charge in [-0.2, -0.15) is 0 Å². The molecule has 12 heteroatoms. The first-order chi connectivity index (χ1) is 28.5. The first-order valence-corrected chi connectivity index (χ1v) is 21.6. The lowest BCUT2D eigenvalue weighted by molar-refractivity contribution is 0.328. The summed E-state index contributed by atoms with van der Waals surface area (Å²) in [6.45, 7) is 15.2. The summed E-state index contributed by atoms with van der Waals surface area (Å²) < 4.78 is 0. The van der Waals surface area contributed by atoms with Crippen LogP contribution < -0.4 is 0 Å². The van der Waals surface area contributed by atoms with Crippen molar-refractivity contribution in [3.05, 3.63) is 68.8 Å². The lowest BCUT2D eigenvalue weighted by atomic mass is 9.69. The van der Waals surface area contributed by atoms with Gasteiger partial charge in [-0.05, 0) is 47.9 Å².